The Hall–Kier alpha value is -6.82. The molecule has 22 nitrogen and oxygen atoms in total. The molecule has 4 atom stereocenters. The summed E-state index contributed by atoms with van der Waals surface area (Å²) < 4.78 is 31.6. The highest BCUT2D eigenvalue weighted by molar-refractivity contribution is 5.98. The Balaban J connectivity index is 0.000000184. The van der Waals surface area contributed by atoms with Crippen LogP contribution in [0, 0.1) is 13.8 Å². The number of hydrogen-bond acceptors (Lipinski definition) is 19. The standard InChI is InChI=1S/C23H31NO7.C17H20O6.C11H14N4O4/c1-15(5-7-19(25)30-13-10-24-8-11-29-12-9-24)4-6-17-21(26)20-18(14-31-23(20)27)16(2)22(17)28-3;1-9(5-7-13(18)19)4-6-11-15(20)14-12(8-23-17(14)21)10(2)16(11)22-3;16-2-5-9(17)10(18)7(15-5)4-1-12-8-6(4)13-3-14-11(8)19/h4,26H,5-14H2,1-3H3;4,20H,5-8H2,1-3H3,(H,18,19);1,3,5,7,9-10,12,15-18H,2H2,(H,13,14,19)/b15-4+;9-4+;/t;;5-,7+,9-,10+/m..1/s1. The van der Waals surface area contributed by atoms with Gasteiger partial charge < -0.3 is 74.3 Å². The van der Waals surface area contributed by atoms with Gasteiger partial charge in [0.25, 0.3) is 5.56 Å². The predicted molar refractivity (Wildman–Crippen MR) is 262 cm³/mol. The number of carbonyl (C=O) groups excluding carboxylic acids is 3. The number of cyclic esters (lactones) is 2. The number of aromatic hydroxyl groups is 2. The molecule has 2 saturated heterocycles. The number of esters is 3. The minimum Gasteiger partial charge on any atom is -0.507 e. The number of H-pyrrole nitrogens is 2. The molecule has 2 aromatic carbocycles. The number of hydrogen-bond donors (Lipinski definition) is 9. The number of fused-ring (bicyclic) bond motifs is 3. The summed E-state index contributed by atoms with van der Waals surface area (Å²) in [7, 11) is 3.05. The monoisotopic (exact) mass is 1020 g/mol. The van der Waals surface area contributed by atoms with Gasteiger partial charge in [-0.2, -0.15) is 0 Å². The number of aliphatic carboxylic acids is 1. The first-order valence-electron chi connectivity index (χ1n) is 23.8. The van der Waals surface area contributed by atoms with E-state index >= 15 is 0 Å². The van der Waals surface area contributed by atoms with Crippen molar-refractivity contribution in [2.45, 2.75) is 104 Å². The number of methoxy groups -OCH3 is 2. The zero-order chi connectivity index (χ0) is 53.1. The largest absolute Gasteiger partial charge is 0.507 e. The van der Waals surface area contributed by atoms with Gasteiger partial charge in [-0.25, -0.2) is 14.6 Å². The van der Waals surface area contributed by atoms with E-state index in [1.807, 2.05) is 39.8 Å². The number of carbonyl (C=O) groups is 4. The first-order valence-corrected chi connectivity index (χ1v) is 23.8. The Kier molecular flexibility index (Phi) is 19.2. The number of nitrogens with one attached hydrogen (secondary N) is 3. The molecule has 0 amide bonds. The summed E-state index contributed by atoms with van der Waals surface area (Å²) in [6, 6.07) is -1.19. The normalized spacial score (nSPS) is 19.5. The number of aromatic nitrogens is 3. The van der Waals surface area contributed by atoms with E-state index in [4.69, 9.17) is 38.6 Å². The molecule has 8 rings (SSSR count). The van der Waals surface area contributed by atoms with Crippen molar-refractivity contribution in [1.29, 1.82) is 0 Å². The van der Waals surface area contributed by atoms with Gasteiger partial charge in [-0.05, 0) is 64.5 Å². The smallest absolute Gasteiger partial charge is 0.342 e. The number of phenols is 2. The second-order valence-electron chi connectivity index (χ2n) is 18.0. The third-order valence-corrected chi connectivity index (χ3v) is 13.4. The maximum atomic E-state index is 12.0. The number of aliphatic hydroxyl groups excluding tert-OH is 3. The second kappa shape index (κ2) is 25.2. The molecule has 0 bridgehead atoms. The molecule has 9 N–H and O–H groups in total. The molecule has 0 aliphatic carbocycles. The predicted octanol–water partition coefficient (Wildman–Crippen LogP) is 3.24. The Morgan fingerprint density at radius 3 is 1.88 bits per heavy atom. The molecule has 0 spiro atoms. The number of nitrogens with zero attached hydrogens (tertiary/aromatic N) is 2. The molecule has 2 aromatic heterocycles. The number of rotatable bonds is 17. The van der Waals surface area contributed by atoms with E-state index in [9.17, 15) is 44.4 Å². The van der Waals surface area contributed by atoms with Gasteiger partial charge in [-0.15, -0.1) is 0 Å². The average molecular weight is 1020 g/mol. The number of phenolic OH excluding ortho intramolecular Hbond substituents is 2. The minimum absolute atomic E-state index is 0.0565. The Morgan fingerprint density at radius 1 is 0.822 bits per heavy atom. The average Bonchev–Trinajstić information content (AvgIpc) is 4.17. The van der Waals surface area contributed by atoms with Crippen molar-refractivity contribution < 1.29 is 78.2 Å². The highest BCUT2D eigenvalue weighted by atomic mass is 16.5. The minimum atomic E-state index is -1.07. The number of aliphatic hydroxyl groups is 3. The maximum absolute atomic E-state index is 12.0. The van der Waals surface area contributed by atoms with Crippen molar-refractivity contribution in [3.8, 4) is 23.0 Å². The fourth-order valence-electron chi connectivity index (χ4n) is 9.11. The van der Waals surface area contributed by atoms with Crippen molar-refractivity contribution in [1.82, 2.24) is 25.2 Å². The van der Waals surface area contributed by atoms with Gasteiger partial charge in [0, 0.05) is 66.5 Å². The number of carboxylic acids is 1. The summed E-state index contributed by atoms with van der Waals surface area (Å²) >= 11 is 0. The first-order chi connectivity index (χ1) is 34.9. The molecule has 6 heterocycles. The number of allylic oxidation sites excluding steroid dienone is 4. The lowest BCUT2D eigenvalue weighted by Gasteiger charge is -2.26. The van der Waals surface area contributed by atoms with Crippen molar-refractivity contribution in [3.63, 3.8) is 0 Å². The van der Waals surface area contributed by atoms with Gasteiger partial charge in [0.15, 0.2) is 0 Å². The molecule has 0 saturated carbocycles. The summed E-state index contributed by atoms with van der Waals surface area (Å²) in [5.41, 5.74) is 7.31. The van der Waals surface area contributed by atoms with E-state index in [0.717, 1.165) is 55.1 Å². The van der Waals surface area contributed by atoms with Crippen molar-refractivity contribution in [3.05, 3.63) is 96.2 Å². The summed E-state index contributed by atoms with van der Waals surface area (Å²) in [5, 5.41) is 61.6. The van der Waals surface area contributed by atoms with E-state index in [1.165, 1.54) is 13.4 Å². The molecule has 4 aliphatic heterocycles. The maximum Gasteiger partial charge on any atom is 0.342 e. The van der Waals surface area contributed by atoms with Crippen LogP contribution in [0.15, 0.2) is 40.6 Å². The van der Waals surface area contributed by atoms with Gasteiger partial charge in [0.1, 0.15) is 71.1 Å². The van der Waals surface area contributed by atoms with Crippen LogP contribution in [0.4, 0.5) is 0 Å². The summed E-state index contributed by atoms with van der Waals surface area (Å²) in [6.07, 6.45) is 6.57. The van der Waals surface area contributed by atoms with Crippen LogP contribution >= 0.6 is 0 Å². The fourth-order valence-corrected chi connectivity index (χ4v) is 9.11. The fraction of sp³-hybridized carbons (Fsp3) is 0.490. The highest BCUT2D eigenvalue weighted by Gasteiger charge is 2.42. The van der Waals surface area contributed by atoms with Crippen molar-refractivity contribution >= 4 is 34.9 Å². The van der Waals surface area contributed by atoms with Crippen molar-refractivity contribution in [2.24, 2.45) is 0 Å². The Morgan fingerprint density at radius 2 is 1.37 bits per heavy atom. The van der Waals surface area contributed by atoms with Crippen LogP contribution in [0.2, 0.25) is 0 Å². The van der Waals surface area contributed by atoms with Crippen LogP contribution < -0.4 is 20.3 Å². The Bertz CT molecular complexity index is 2790. The van der Waals surface area contributed by atoms with Gasteiger partial charge >= 0.3 is 23.9 Å². The van der Waals surface area contributed by atoms with E-state index < -0.39 is 42.2 Å². The summed E-state index contributed by atoms with van der Waals surface area (Å²) in [5.74, 6) is -1.25. The molecule has 0 radical (unpaired) electrons. The second-order valence-corrected chi connectivity index (χ2v) is 18.0. The zero-order valence-electron chi connectivity index (χ0n) is 41.8. The number of ether oxygens (including phenoxy) is 6. The molecule has 4 aromatic rings. The van der Waals surface area contributed by atoms with E-state index in [0.29, 0.717) is 89.1 Å². The van der Waals surface area contributed by atoms with Gasteiger partial charge in [-0.1, -0.05) is 23.3 Å². The van der Waals surface area contributed by atoms with Gasteiger partial charge in [0.05, 0.1) is 58.6 Å². The van der Waals surface area contributed by atoms with Crippen LogP contribution in [-0.4, -0.2) is 153 Å². The third-order valence-electron chi connectivity index (χ3n) is 13.4. The third kappa shape index (κ3) is 12.9. The molecule has 22 heteroatoms. The van der Waals surface area contributed by atoms with Gasteiger partial charge in [-0.3, -0.25) is 19.3 Å². The quantitative estimate of drug-likeness (QED) is 0.0416. The molecule has 2 fully saturated rings. The lowest BCUT2D eigenvalue weighted by molar-refractivity contribution is -0.144. The molecule has 4 aliphatic rings. The SMILES string of the molecule is COc1c(C)c2c(c(O)c1C/C=C(\C)CCC(=O)O)C(=O)OC2.COc1c(C)c2c(c(O)c1C/C=C(\C)CCC(=O)OCCN1CCOCC1)C(=O)OC2.O=c1[nH]cnc2c([C@@H]3N[C@H](CO)[C@@H](O)[C@H]3O)c[nH]c12. The zero-order valence-corrected chi connectivity index (χ0v) is 41.8. The number of morpholine rings is 1. The summed E-state index contributed by atoms with van der Waals surface area (Å²) in [6.45, 7) is 11.7. The van der Waals surface area contributed by atoms with E-state index in [-0.39, 0.29) is 60.4 Å². The molecular formula is C51H65N5O17. The van der Waals surface area contributed by atoms with Gasteiger partial charge in [0.2, 0.25) is 0 Å². The summed E-state index contributed by atoms with van der Waals surface area (Å²) in [4.78, 5) is 69.5. The van der Waals surface area contributed by atoms with Crippen LogP contribution in [0.1, 0.15) is 105 Å². The molecule has 73 heavy (non-hydrogen) atoms. The van der Waals surface area contributed by atoms with Crippen LogP contribution in [0.3, 0.4) is 0 Å². The van der Waals surface area contributed by atoms with E-state index in [2.05, 4.69) is 25.2 Å². The lowest BCUT2D eigenvalue weighted by atomic mass is 9.94. The lowest BCUT2D eigenvalue weighted by Crippen LogP contribution is -2.38. The topological polar surface area (TPSA) is 322 Å². The van der Waals surface area contributed by atoms with Crippen molar-refractivity contribution in [2.75, 3.05) is 60.3 Å². The van der Waals surface area contributed by atoms with E-state index in [1.54, 1.807) is 13.3 Å². The highest BCUT2D eigenvalue weighted by Crippen LogP contribution is 2.43. The number of carboxylic acid groups (broad SMARTS) is 1. The number of benzene rings is 2. The number of aromatic amines is 2. The first kappa shape index (κ1) is 55.5. The van der Waals surface area contributed by atoms with Crippen LogP contribution in [0.5, 0.6) is 23.0 Å². The molecular weight excluding hydrogens is 955 g/mol. The molecule has 396 valence electrons. The molecule has 0 unspecified atom stereocenters. The Labute approximate surface area is 420 Å². The van der Waals surface area contributed by atoms with Crippen LogP contribution in [0.25, 0.3) is 11.0 Å². The van der Waals surface area contributed by atoms with Crippen LogP contribution in [-0.2, 0) is 54.6 Å².